The van der Waals surface area contributed by atoms with Gasteiger partial charge in [-0.15, -0.1) is 0 Å². The van der Waals surface area contributed by atoms with Crippen LogP contribution in [0, 0.1) is 70.6 Å². The summed E-state index contributed by atoms with van der Waals surface area (Å²) in [5.74, 6) is -12.6. The van der Waals surface area contributed by atoms with Crippen LogP contribution in [0.25, 0.3) is 0 Å². The Bertz CT molecular complexity index is 2030. The molecule has 1 fully saturated rings. The van der Waals surface area contributed by atoms with E-state index in [1.807, 2.05) is 41.5 Å². The summed E-state index contributed by atoms with van der Waals surface area (Å²) in [5.41, 5.74) is 7.32. The van der Waals surface area contributed by atoms with Gasteiger partial charge in [-0.1, -0.05) is 0 Å². The fraction of sp³-hybridized carbons (Fsp3) is 0.289. The van der Waals surface area contributed by atoms with Crippen molar-refractivity contribution in [3.63, 3.8) is 0 Å². The fourth-order valence-electron chi connectivity index (χ4n) is 6.89. The molecule has 50 heavy (non-hydrogen) atoms. The molecule has 0 spiro atoms. The molecule has 0 aliphatic carbocycles. The number of anilines is 3. The summed E-state index contributed by atoms with van der Waals surface area (Å²) in [6.45, 7) is 16.5. The molecule has 4 nitrogen and oxygen atoms in total. The molecule has 1 aliphatic rings. The summed E-state index contributed by atoms with van der Waals surface area (Å²) >= 11 is -4.21. The number of hydrogen-bond donors (Lipinski definition) is 0. The van der Waals surface area contributed by atoms with Gasteiger partial charge in [0.2, 0.25) is 0 Å². The van der Waals surface area contributed by atoms with E-state index in [1.54, 1.807) is 36.7 Å². The van der Waals surface area contributed by atoms with Crippen LogP contribution in [0.5, 0.6) is 0 Å². The number of nitrogens with zero attached hydrogens (tertiary/aromatic N) is 3. The third-order valence-corrected chi connectivity index (χ3v) is 14.1. The van der Waals surface area contributed by atoms with Gasteiger partial charge in [0.15, 0.2) is 0 Å². The van der Waals surface area contributed by atoms with Crippen LogP contribution in [0.2, 0.25) is 0 Å². The molecule has 268 valence electrons. The van der Waals surface area contributed by atoms with Crippen molar-refractivity contribution in [1.82, 2.24) is 0 Å². The van der Waals surface area contributed by atoms with Gasteiger partial charge in [0.1, 0.15) is 0 Å². The second kappa shape index (κ2) is 14.3. The van der Waals surface area contributed by atoms with Crippen molar-refractivity contribution in [2.75, 3.05) is 27.8 Å². The molecule has 0 saturated carbocycles. The normalized spacial score (nSPS) is 13.8. The first-order valence-corrected chi connectivity index (χ1v) is 22.2. The minimum atomic E-state index is -4.21. The second-order valence-electron chi connectivity index (χ2n) is 12.9. The van der Waals surface area contributed by atoms with E-state index in [0.717, 1.165) is 49.7 Å². The molecule has 4 aromatic rings. The maximum absolute atomic E-state index is 14.9. The van der Waals surface area contributed by atoms with Crippen molar-refractivity contribution in [2.45, 2.75) is 61.4 Å². The van der Waals surface area contributed by atoms with Crippen LogP contribution >= 0.6 is 19.4 Å². The Morgan fingerprint density at radius 3 is 1.54 bits per heavy atom. The quantitative estimate of drug-likeness (QED) is 0.0840. The van der Waals surface area contributed by atoms with E-state index in [2.05, 4.69) is 34.1 Å². The Morgan fingerprint density at radius 2 is 1.12 bits per heavy atom. The van der Waals surface area contributed by atoms with Gasteiger partial charge in [-0.25, -0.2) is 0 Å². The molecular formula is C38H38Cl2F5N3ORu. The molecule has 1 saturated heterocycles. The Balaban J connectivity index is 1.81. The molecule has 0 N–H and O–H groups in total. The molecule has 1 amide bonds. The minimum absolute atomic E-state index is 0.144. The van der Waals surface area contributed by atoms with Gasteiger partial charge in [0.05, 0.1) is 0 Å². The first-order valence-electron chi connectivity index (χ1n) is 15.9. The van der Waals surface area contributed by atoms with Gasteiger partial charge in [-0.3, -0.25) is 0 Å². The van der Waals surface area contributed by atoms with E-state index in [0.29, 0.717) is 23.0 Å². The van der Waals surface area contributed by atoms with Crippen LogP contribution in [0.4, 0.5) is 39.0 Å². The van der Waals surface area contributed by atoms with E-state index in [1.165, 1.54) is 6.07 Å². The maximum atomic E-state index is 14.9. The topological polar surface area (TPSA) is 26.8 Å². The summed E-state index contributed by atoms with van der Waals surface area (Å²) in [7, 11) is 15.2. The molecule has 1 heterocycles. The Labute approximate surface area is 300 Å². The van der Waals surface area contributed by atoms with E-state index in [9.17, 15) is 26.7 Å². The molecular weight excluding hydrogens is 781 g/mol. The zero-order chi connectivity index (χ0) is 37.0. The first-order chi connectivity index (χ1) is 23.4. The van der Waals surface area contributed by atoms with Gasteiger partial charge in [-0.05, 0) is 0 Å². The summed E-state index contributed by atoms with van der Waals surface area (Å²) in [6.07, 6.45) is 0. The molecule has 0 aromatic heterocycles. The van der Waals surface area contributed by atoms with Gasteiger partial charge in [-0.2, -0.15) is 0 Å². The van der Waals surface area contributed by atoms with Crippen LogP contribution in [0.1, 0.15) is 63.1 Å². The van der Waals surface area contributed by atoms with Gasteiger partial charge < -0.3 is 0 Å². The Kier molecular flexibility index (Phi) is 10.8. The van der Waals surface area contributed by atoms with Crippen molar-refractivity contribution in [2.24, 2.45) is 0 Å². The average Bonchev–Trinajstić information content (AvgIpc) is 3.44. The fourth-order valence-corrected chi connectivity index (χ4v) is 12.9. The number of halogens is 7. The standard InChI is InChI=1S/C21H26N2.C17H12F5NO.2ClH.Ru/c1-14-9-16(3)20(17(4)10-14)22-7-8-23(13-22)21-18(5)11-15(2)12-19(21)6;1-8(2)23(10-7-5-4-6-9(10)3)17(24)11-12(18)14(20)16(22)15(21)13(11)19;;;/h9-12H,7-8H2,1-6H3;3-8H,1-2H3;2*1H;/q;;;;+2/p-2. The summed E-state index contributed by atoms with van der Waals surface area (Å²) < 4.78 is 74.6. The monoisotopic (exact) mass is 819 g/mol. The average molecular weight is 820 g/mol. The zero-order valence-corrected chi connectivity index (χ0v) is 32.2. The molecule has 5 rings (SSSR count). The SMILES string of the molecule is Cc1cc(C)c(N2CCN(c3c(C)cc(C)cc3C)[C]2=[Ru]([Cl])([Cl])=[CH]c2ccccc2N(C(=O)c2c(F)c(F)c(F)c(F)c2F)C(C)C)c(C)c1. The number of amides is 1. The van der Waals surface area contributed by atoms with E-state index >= 15 is 0 Å². The molecule has 12 heteroatoms. The van der Waals surface area contributed by atoms with Gasteiger partial charge in [0, 0.05) is 0 Å². The van der Waals surface area contributed by atoms with Gasteiger partial charge >= 0.3 is 301 Å². The number of rotatable bonds is 6. The van der Waals surface area contributed by atoms with Crippen molar-refractivity contribution in [3.05, 3.63) is 122 Å². The third kappa shape index (κ3) is 6.79. The summed E-state index contributed by atoms with van der Waals surface area (Å²) in [6, 6.07) is 14.1. The second-order valence-corrected chi connectivity index (χ2v) is 22.1. The Hall–Kier alpha value is -3.46. The van der Waals surface area contributed by atoms with Crippen LogP contribution < -0.4 is 14.7 Å². The van der Waals surface area contributed by atoms with Crippen LogP contribution in [-0.2, 0) is 11.9 Å². The van der Waals surface area contributed by atoms with E-state index in [-0.39, 0.29) is 5.69 Å². The number of hydrogen-bond acceptors (Lipinski definition) is 3. The number of para-hydroxylation sites is 1. The van der Waals surface area contributed by atoms with E-state index < -0.39 is 58.5 Å². The predicted molar refractivity (Wildman–Crippen MR) is 192 cm³/mol. The zero-order valence-electron chi connectivity index (χ0n) is 28.9. The van der Waals surface area contributed by atoms with Crippen molar-refractivity contribution in [3.8, 4) is 0 Å². The number of aryl methyl sites for hydroxylation is 6. The van der Waals surface area contributed by atoms with E-state index in [4.69, 9.17) is 19.4 Å². The molecule has 0 unspecified atom stereocenters. The molecule has 0 radical (unpaired) electrons. The first kappa shape index (κ1) is 37.8. The van der Waals surface area contributed by atoms with Crippen LogP contribution in [-0.4, -0.2) is 34.0 Å². The molecule has 4 aromatic carbocycles. The van der Waals surface area contributed by atoms with Crippen molar-refractivity contribution >= 4 is 51.3 Å². The van der Waals surface area contributed by atoms with Crippen LogP contribution in [0.3, 0.4) is 0 Å². The van der Waals surface area contributed by atoms with Crippen LogP contribution in [0.15, 0.2) is 48.5 Å². The number of benzene rings is 4. The van der Waals surface area contributed by atoms with Crippen molar-refractivity contribution < 1.29 is 38.6 Å². The Morgan fingerprint density at radius 1 is 0.720 bits per heavy atom. The predicted octanol–water partition coefficient (Wildman–Crippen LogP) is 10.0. The molecule has 0 atom stereocenters. The van der Waals surface area contributed by atoms with Gasteiger partial charge in [0.25, 0.3) is 0 Å². The summed E-state index contributed by atoms with van der Waals surface area (Å²) in [4.78, 5) is 19.1. The number of carbonyl (C=O) groups is 1. The number of carbonyl (C=O) groups excluding carboxylic acids is 1. The summed E-state index contributed by atoms with van der Waals surface area (Å²) in [5, 5.41) is 0. The molecule has 0 bridgehead atoms. The third-order valence-electron chi connectivity index (χ3n) is 8.59. The van der Waals surface area contributed by atoms with Crippen molar-refractivity contribution in [1.29, 1.82) is 0 Å². The molecule has 1 aliphatic heterocycles.